The SMILES string of the molecule is CS(=O)(=O)N(CC(=O)N1CCCCC1)c1cccc(C(F)(F)F)c1. The lowest BCUT2D eigenvalue weighted by Crippen LogP contribution is -2.44. The number of piperidine rings is 1. The largest absolute Gasteiger partial charge is 0.416 e. The van der Waals surface area contributed by atoms with E-state index >= 15 is 0 Å². The molecule has 1 amide bonds. The summed E-state index contributed by atoms with van der Waals surface area (Å²) >= 11 is 0. The van der Waals surface area contributed by atoms with E-state index in [1.165, 1.54) is 6.07 Å². The smallest absolute Gasteiger partial charge is 0.341 e. The molecule has 24 heavy (non-hydrogen) atoms. The summed E-state index contributed by atoms with van der Waals surface area (Å²) in [7, 11) is -3.90. The Hall–Kier alpha value is -1.77. The minimum absolute atomic E-state index is 0.169. The van der Waals surface area contributed by atoms with E-state index in [9.17, 15) is 26.4 Å². The molecule has 1 aromatic rings. The Bertz CT molecular complexity index is 698. The van der Waals surface area contributed by atoms with Crippen LogP contribution in [0.25, 0.3) is 0 Å². The molecule has 0 unspecified atom stereocenters. The van der Waals surface area contributed by atoms with Crippen LogP contribution in [-0.4, -0.2) is 45.1 Å². The fourth-order valence-electron chi connectivity index (χ4n) is 2.60. The molecule has 9 heteroatoms. The fourth-order valence-corrected chi connectivity index (χ4v) is 3.45. The lowest BCUT2D eigenvalue weighted by Gasteiger charge is -2.30. The first-order chi connectivity index (χ1) is 11.1. The van der Waals surface area contributed by atoms with Crippen LogP contribution in [-0.2, 0) is 21.0 Å². The molecule has 1 aliphatic rings. The Kier molecular flexibility index (Phi) is 5.42. The molecule has 1 aromatic carbocycles. The van der Waals surface area contributed by atoms with Gasteiger partial charge in [-0.2, -0.15) is 13.2 Å². The average Bonchev–Trinajstić information content (AvgIpc) is 2.51. The number of benzene rings is 1. The molecular weight excluding hydrogens is 345 g/mol. The first kappa shape index (κ1) is 18.6. The molecule has 1 saturated heterocycles. The van der Waals surface area contributed by atoms with Gasteiger partial charge in [-0.1, -0.05) is 6.07 Å². The van der Waals surface area contributed by atoms with Crippen LogP contribution < -0.4 is 4.31 Å². The molecule has 1 aliphatic heterocycles. The summed E-state index contributed by atoms with van der Waals surface area (Å²) in [6, 6.07) is 3.97. The minimum atomic E-state index is -4.59. The van der Waals surface area contributed by atoms with Gasteiger partial charge < -0.3 is 4.90 Å². The van der Waals surface area contributed by atoms with Crippen LogP contribution in [0.4, 0.5) is 18.9 Å². The van der Waals surface area contributed by atoms with E-state index in [1.807, 2.05) is 0 Å². The van der Waals surface area contributed by atoms with E-state index in [1.54, 1.807) is 4.90 Å². The predicted molar refractivity (Wildman–Crippen MR) is 84.1 cm³/mol. The first-order valence-electron chi connectivity index (χ1n) is 7.52. The number of carbonyl (C=O) groups excluding carboxylic acids is 1. The summed E-state index contributed by atoms with van der Waals surface area (Å²) in [6.07, 6.45) is -1.03. The molecule has 1 fully saturated rings. The molecule has 0 spiro atoms. The van der Waals surface area contributed by atoms with Gasteiger partial charge in [-0.15, -0.1) is 0 Å². The van der Waals surface area contributed by atoms with Crippen LogP contribution in [0.3, 0.4) is 0 Å². The zero-order valence-corrected chi connectivity index (χ0v) is 14.0. The number of sulfonamides is 1. The second-order valence-corrected chi connectivity index (χ2v) is 7.67. The van der Waals surface area contributed by atoms with E-state index in [-0.39, 0.29) is 5.69 Å². The minimum Gasteiger partial charge on any atom is -0.341 e. The zero-order chi connectivity index (χ0) is 18.0. The number of hydrogen-bond donors (Lipinski definition) is 0. The van der Waals surface area contributed by atoms with Gasteiger partial charge in [0.05, 0.1) is 17.5 Å². The third-order valence-corrected chi connectivity index (χ3v) is 4.99. The summed E-state index contributed by atoms with van der Waals surface area (Å²) in [6.45, 7) is 0.582. The van der Waals surface area contributed by atoms with E-state index in [0.29, 0.717) is 13.1 Å². The van der Waals surface area contributed by atoms with Crippen molar-refractivity contribution in [3.8, 4) is 0 Å². The van der Waals surface area contributed by atoms with E-state index in [0.717, 1.165) is 48.0 Å². The third kappa shape index (κ3) is 4.62. The molecule has 0 atom stereocenters. The maximum atomic E-state index is 12.8. The van der Waals surface area contributed by atoms with E-state index in [4.69, 9.17) is 0 Å². The number of rotatable bonds is 4. The summed E-state index contributed by atoms with van der Waals surface area (Å²) in [5.41, 5.74) is -1.13. The summed E-state index contributed by atoms with van der Waals surface area (Å²) in [5.74, 6) is -0.405. The van der Waals surface area contributed by atoms with Crippen molar-refractivity contribution in [2.24, 2.45) is 0 Å². The second kappa shape index (κ2) is 7.00. The average molecular weight is 364 g/mol. The monoisotopic (exact) mass is 364 g/mol. The Morgan fingerprint density at radius 3 is 2.38 bits per heavy atom. The van der Waals surface area contributed by atoms with Crippen LogP contribution in [0.2, 0.25) is 0 Å². The summed E-state index contributed by atoms with van der Waals surface area (Å²) in [4.78, 5) is 13.9. The number of nitrogens with zero attached hydrogens (tertiary/aromatic N) is 2. The van der Waals surface area contributed by atoms with Crippen molar-refractivity contribution in [1.29, 1.82) is 0 Å². The van der Waals surface area contributed by atoms with Crippen molar-refractivity contribution >= 4 is 21.6 Å². The highest BCUT2D eigenvalue weighted by atomic mass is 32.2. The lowest BCUT2D eigenvalue weighted by atomic mass is 10.1. The van der Waals surface area contributed by atoms with Crippen molar-refractivity contribution in [1.82, 2.24) is 4.90 Å². The Morgan fingerprint density at radius 1 is 1.21 bits per heavy atom. The quantitative estimate of drug-likeness (QED) is 0.825. The molecule has 0 radical (unpaired) electrons. The Balaban J connectivity index is 2.28. The standard InChI is InChI=1S/C15H19F3N2O3S/c1-24(22,23)20(11-14(21)19-8-3-2-4-9-19)13-7-5-6-12(10-13)15(16,17)18/h5-7,10H,2-4,8-9,11H2,1H3. The van der Waals surface area contributed by atoms with E-state index < -0.39 is 34.2 Å². The Morgan fingerprint density at radius 2 is 1.83 bits per heavy atom. The maximum Gasteiger partial charge on any atom is 0.416 e. The van der Waals surface area contributed by atoms with Gasteiger partial charge in [0.15, 0.2) is 0 Å². The van der Waals surface area contributed by atoms with Gasteiger partial charge in [0, 0.05) is 13.1 Å². The molecule has 1 heterocycles. The highest BCUT2D eigenvalue weighted by molar-refractivity contribution is 7.92. The van der Waals surface area contributed by atoms with Crippen molar-refractivity contribution in [3.63, 3.8) is 0 Å². The number of anilines is 1. The molecule has 0 N–H and O–H groups in total. The van der Waals surface area contributed by atoms with Crippen molar-refractivity contribution in [3.05, 3.63) is 29.8 Å². The number of carbonyl (C=O) groups is 1. The van der Waals surface area contributed by atoms with Crippen molar-refractivity contribution in [2.45, 2.75) is 25.4 Å². The van der Waals surface area contributed by atoms with Crippen molar-refractivity contribution < 1.29 is 26.4 Å². The van der Waals surface area contributed by atoms with Gasteiger partial charge in [-0.25, -0.2) is 8.42 Å². The molecule has 0 aliphatic carbocycles. The van der Waals surface area contributed by atoms with Crippen LogP contribution in [0, 0.1) is 0 Å². The summed E-state index contributed by atoms with van der Waals surface area (Å²) < 4.78 is 63.2. The maximum absolute atomic E-state index is 12.8. The Labute approximate surface area is 139 Å². The van der Waals surface area contributed by atoms with Crippen LogP contribution in [0.5, 0.6) is 0 Å². The van der Waals surface area contributed by atoms with E-state index in [2.05, 4.69) is 0 Å². The van der Waals surface area contributed by atoms with Gasteiger partial charge in [-0.05, 0) is 37.5 Å². The highest BCUT2D eigenvalue weighted by Gasteiger charge is 2.32. The number of likely N-dealkylation sites (tertiary alicyclic amines) is 1. The van der Waals surface area contributed by atoms with Crippen LogP contribution in [0.15, 0.2) is 24.3 Å². The first-order valence-corrected chi connectivity index (χ1v) is 9.36. The van der Waals surface area contributed by atoms with Crippen LogP contribution in [0.1, 0.15) is 24.8 Å². The van der Waals surface area contributed by atoms with Crippen molar-refractivity contribution in [2.75, 3.05) is 30.2 Å². The van der Waals surface area contributed by atoms with Gasteiger partial charge in [0.25, 0.3) is 0 Å². The molecule has 2 rings (SSSR count). The molecular formula is C15H19F3N2O3S. The lowest BCUT2D eigenvalue weighted by molar-refractivity contribution is -0.137. The number of hydrogen-bond acceptors (Lipinski definition) is 3. The molecule has 134 valence electrons. The highest BCUT2D eigenvalue weighted by Crippen LogP contribution is 2.32. The molecule has 0 saturated carbocycles. The second-order valence-electron chi connectivity index (χ2n) is 5.76. The molecule has 0 bridgehead atoms. The number of alkyl halides is 3. The molecule has 0 aromatic heterocycles. The normalized spacial score (nSPS) is 16.1. The summed E-state index contributed by atoms with van der Waals surface area (Å²) in [5, 5.41) is 0. The van der Waals surface area contributed by atoms with Gasteiger partial charge in [0.2, 0.25) is 15.9 Å². The fraction of sp³-hybridized carbons (Fsp3) is 0.533. The zero-order valence-electron chi connectivity index (χ0n) is 13.2. The van der Waals surface area contributed by atoms with Gasteiger partial charge >= 0.3 is 6.18 Å². The topological polar surface area (TPSA) is 57.7 Å². The predicted octanol–water partition coefficient (Wildman–Crippen LogP) is 2.48. The number of amides is 1. The van der Waals surface area contributed by atoms with Gasteiger partial charge in [0.1, 0.15) is 6.54 Å². The number of halogens is 3. The van der Waals surface area contributed by atoms with Gasteiger partial charge in [-0.3, -0.25) is 9.10 Å². The third-order valence-electron chi connectivity index (χ3n) is 3.85. The molecule has 5 nitrogen and oxygen atoms in total. The van der Waals surface area contributed by atoms with Crippen LogP contribution >= 0.6 is 0 Å².